The number of allylic oxidation sites excluding steroid dienone is 1. The number of ether oxygens (including phenoxy) is 2. The number of amidine groups is 1. The van der Waals surface area contributed by atoms with Gasteiger partial charge in [-0.15, -0.1) is 0 Å². The molecule has 0 N–H and O–H groups in total. The van der Waals surface area contributed by atoms with Crippen LogP contribution in [0, 0.1) is 0 Å². The summed E-state index contributed by atoms with van der Waals surface area (Å²) in [5.74, 6) is -0.0890. The van der Waals surface area contributed by atoms with E-state index in [9.17, 15) is 9.59 Å². The van der Waals surface area contributed by atoms with Gasteiger partial charge in [0.25, 0.3) is 0 Å². The average molecular weight is 410 g/mol. The second-order valence-corrected chi connectivity index (χ2v) is 6.94. The summed E-state index contributed by atoms with van der Waals surface area (Å²) in [5.41, 5.74) is 1.61. The fourth-order valence-electron chi connectivity index (χ4n) is 3.03. The topological polar surface area (TPSA) is 68.2 Å². The number of thioether (sulfide) groups is 1. The lowest BCUT2D eigenvalue weighted by Crippen LogP contribution is -2.40. The van der Waals surface area contributed by atoms with Gasteiger partial charge in [0.15, 0.2) is 5.17 Å². The van der Waals surface area contributed by atoms with Gasteiger partial charge in [-0.3, -0.25) is 0 Å². The molecule has 6 nitrogen and oxygen atoms in total. The van der Waals surface area contributed by atoms with Crippen molar-refractivity contribution in [3.05, 3.63) is 77.5 Å². The zero-order valence-electron chi connectivity index (χ0n) is 16.5. The number of rotatable bonds is 4. The molecule has 0 saturated carbocycles. The van der Waals surface area contributed by atoms with Crippen molar-refractivity contribution in [1.82, 2.24) is 4.90 Å². The monoisotopic (exact) mass is 410 g/mol. The van der Waals surface area contributed by atoms with Gasteiger partial charge < -0.3 is 9.47 Å². The van der Waals surface area contributed by atoms with E-state index in [-0.39, 0.29) is 6.61 Å². The zero-order valence-corrected chi connectivity index (χ0v) is 17.3. The maximum atomic E-state index is 12.9. The number of amides is 1. The Morgan fingerprint density at radius 3 is 2.28 bits per heavy atom. The molecule has 1 atom stereocenters. The van der Waals surface area contributed by atoms with Gasteiger partial charge in [-0.1, -0.05) is 60.3 Å². The molecule has 0 bridgehead atoms. The van der Waals surface area contributed by atoms with Crippen LogP contribution < -0.4 is 4.74 Å². The summed E-state index contributed by atoms with van der Waals surface area (Å²) in [4.78, 5) is 31.7. The number of esters is 1. The smallest absolute Gasteiger partial charge is 0.425 e. The Morgan fingerprint density at radius 2 is 1.69 bits per heavy atom. The number of para-hydroxylation sites is 1. The van der Waals surface area contributed by atoms with E-state index in [4.69, 9.17) is 14.5 Å². The van der Waals surface area contributed by atoms with Crippen LogP contribution in [0.5, 0.6) is 5.75 Å². The number of benzene rings is 2. The van der Waals surface area contributed by atoms with Crippen LogP contribution in [-0.4, -0.2) is 35.0 Å². The molecule has 3 rings (SSSR count). The fraction of sp³-hybridized carbons (Fsp3) is 0.227. The van der Waals surface area contributed by atoms with Crippen LogP contribution in [0.3, 0.4) is 0 Å². The lowest BCUT2D eigenvalue weighted by molar-refractivity contribution is -0.139. The van der Waals surface area contributed by atoms with Crippen molar-refractivity contribution >= 4 is 29.0 Å². The number of hydrogen-bond donors (Lipinski definition) is 0. The molecule has 150 valence electrons. The van der Waals surface area contributed by atoms with Gasteiger partial charge in [-0.2, -0.15) is 0 Å². The van der Waals surface area contributed by atoms with E-state index in [0.717, 1.165) is 5.56 Å². The molecule has 0 radical (unpaired) electrons. The lowest BCUT2D eigenvalue weighted by Gasteiger charge is -2.32. The molecule has 1 aliphatic heterocycles. The molecule has 0 fully saturated rings. The quantitative estimate of drug-likeness (QED) is 0.678. The summed E-state index contributed by atoms with van der Waals surface area (Å²) in [6.07, 6.45) is 1.20. The fourth-order valence-corrected chi connectivity index (χ4v) is 3.64. The van der Waals surface area contributed by atoms with Crippen LogP contribution in [0.15, 0.2) is 76.9 Å². The summed E-state index contributed by atoms with van der Waals surface area (Å²) in [6, 6.07) is 17.7. The van der Waals surface area contributed by atoms with Gasteiger partial charge in [0.1, 0.15) is 11.8 Å². The van der Waals surface area contributed by atoms with E-state index in [1.54, 1.807) is 38.1 Å². The first-order chi connectivity index (χ1) is 14.1. The van der Waals surface area contributed by atoms with Gasteiger partial charge in [0, 0.05) is 5.70 Å². The third kappa shape index (κ3) is 4.51. The second kappa shape index (κ2) is 9.43. The number of aliphatic imine (C=N–C) groups is 1. The summed E-state index contributed by atoms with van der Waals surface area (Å²) in [7, 11) is 0. The first-order valence-corrected chi connectivity index (χ1v) is 10.4. The first kappa shape index (κ1) is 20.7. The lowest BCUT2D eigenvalue weighted by atomic mass is 9.96. The van der Waals surface area contributed by atoms with Crippen LogP contribution >= 0.6 is 11.8 Å². The maximum absolute atomic E-state index is 12.9. The molecule has 0 aliphatic carbocycles. The Hall–Kier alpha value is -3.06. The van der Waals surface area contributed by atoms with Crippen LogP contribution in [0.2, 0.25) is 0 Å². The third-order valence-corrected chi connectivity index (χ3v) is 5.01. The van der Waals surface area contributed by atoms with Crippen LogP contribution in [0.1, 0.15) is 25.5 Å². The highest BCUT2D eigenvalue weighted by molar-refractivity contribution is 8.13. The molecule has 2 aromatic rings. The summed E-state index contributed by atoms with van der Waals surface area (Å²) < 4.78 is 10.8. The third-order valence-electron chi connectivity index (χ3n) is 4.35. The number of nitrogens with zero attached hydrogens (tertiary/aromatic N) is 2. The molecule has 1 amide bonds. The molecule has 29 heavy (non-hydrogen) atoms. The van der Waals surface area contributed by atoms with Gasteiger partial charge in [-0.05, 0) is 37.8 Å². The minimum Gasteiger partial charge on any atom is -0.463 e. The maximum Gasteiger partial charge on any atom is 0.425 e. The van der Waals surface area contributed by atoms with E-state index < -0.39 is 18.1 Å². The van der Waals surface area contributed by atoms with Crippen LogP contribution in [0.25, 0.3) is 0 Å². The molecule has 1 heterocycles. The van der Waals surface area contributed by atoms with E-state index in [2.05, 4.69) is 0 Å². The van der Waals surface area contributed by atoms with Gasteiger partial charge >= 0.3 is 12.1 Å². The van der Waals surface area contributed by atoms with Crippen LogP contribution in [0.4, 0.5) is 4.79 Å². The molecule has 0 aromatic heterocycles. The minimum absolute atomic E-state index is 0.227. The molecule has 0 saturated heterocycles. The average Bonchev–Trinajstić information content (AvgIpc) is 2.74. The Bertz CT molecular complexity index is 942. The molecule has 0 unspecified atom stereocenters. The second-order valence-electron chi connectivity index (χ2n) is 6.17. The summed E-state index contributed by atoms with van der Waals surface area (Å²) in [5, 5.41) is 0.449. The van der Waals surface area contributed by atoms with E-state index in [1.807, 2.05) is 42.7 Å². The standard InChI is InChI=1S/C22H22N2O4S/c1-4-27-20(25)18-15(2)24(22(26)28-17-13-9-6-10-14-17)21(29-3)23-19(18)16-11-7-5-8-12-16/h5-14,19H,4H2,1-3H3/t19-/m1/s1. The van der Waals surface area contributed by atoms with Crippen molar-refractivity contribution in [1.29, 1.82) is 0 Å². The van der Waals surface area contributed by atoms with Crippen molar-refractivity contribution in [2.45, 2.75) is 19.9 Å². The Kier molecular flexibility index (Phi) is 6.72. The van der Waals surface area contributed by atoms with Crippen LogP contribution in [-0.2, 0) is 9.53 Å². The van der Waals surface area contributed by atoms with Gasteiger partial charge in [0.05, 0.1) is 12.2 Å². The van der Waals surface area contributed by atoms with Gasteiger partial charge in [0.2, 0.25) is 0 Å². The number of hydrogen-bond acceptors (Lipinski definition) is 6. The zero-order chi connectivity index (χ0) is 20.8. The van der Waals surface area contributed by atoms with E-state index in [0.29, 0.717) is 22.2 Å². The van der Waals surface area contributed by atoms with Crippen molar-refractivity contribution < 1.29 is 19.1 Å². The minimum atomic E-state index is -0.630. The Balaban J connectivity index is 2.04. The molecular formula is C22H22N2O4S. The highest BCUT2D eigenvalue weighted by Crippen LogP contribution is 2.36. The number of carbonyl (C=O) groups excluding carboxylic acids is 2. The predicted octanol–water partition coefficient (Wildman–Crippen LogP) is 4.80. The van der Waals surface area contributed by atoms with E-state index in [1.165, 1.54) is 16.7 Å². The Labute approximate surface area is 174 Å². The summed E-state index contributed by atoms with van der Waals surface area (Å²) in [6.45, 7) is 3.68. The molecular weight excluding hydrogens is 388 g/mol. The number of carbonyl (C=O) groups is 2. The molecule has 1 aliphatic rings. The molecule has 2 aromatic carbocycles. The first-order valence-electron chi connectivity index (χ1n) is 9.18. The highest BCUT2D eigenvalue weighted by atomic mass is 32.2. The van der Waals surface area contributed by atoms with Crippen molar-refractivity contribution in [3.63, 3.8) is 0 Å². The van der Waals surface area contributed by atoms with E-state index >= 15 is 0 Å². The predicted molar refractivity (Wildman–Crippen MR) is 114 cm³/mol. The van der Waals surface area contributed by atoms with Crippen molar-refractivity contribution in [2.75, 3.05) is 12.9 Å². The molecule has 0 spiro atoms. The SMILES string of the molecule is CCOC(=O)C1=C(C)N(C(=O)Oc2ccccc2)C(SC)=N[C@@H]1c1ccccc1. The Morgan fingerprint density at radius 1 is 1.07 bits per heavy atom. The van der Waals surface area contributed by atoms with Crippen molar-refractivity contribution in [2.24, 2.45) is 4.99 Å². The van der Waals surface area contributed by atoms with Gasteiger partial charge in [-0.25, -0.2) is 19.5 Å². The normalized spacial score (nSPS) is 16.3. The summed E-state index contributed by atoms with van der Waals surface area (Å²) >= 11 is 1.31. The largest absolute Gasteiger partial charge is 0.463 e. The molecule has 7 heteroatoms. The van der Waals surface area contributed by atoms with Crippen molar-refractivity contribution in [3.8, 4) is 5.75 Å². The highest BCUT2D eigenvalue weighted by Gasteiger charge is 2.37.